The molecule has 0 heterocycles. The molecular weight excluding hydrogens is 184 g/mol. The number of hydrogen-bond donors (Lipinski definition) is 0. The zero-order chi connectivity index (χ0) is 12.3. The van der Waals surface area contributed by atoms with Gasteiger partial charge in [-0.2, -0.15) is 0 Å². The summed E-state index contributed by atoms with van der Waals surface area (Å²) in [6.07, 6.45) is 1.03. The first-order valence-electron chi connectivity index (χ1n) is 5.92. The number of rotatable bonds is 2. The second-order valence-corrected chi connectivity index (χ2v) is 2.62. The summed E-state index contributed by atoms with van der Waals surface area (Å²) in [6, 6.07) is 6.24. The molecule has 1 aromatic carbocycles. The molecule has 0 bridgehead atoms. The standard InChI is InChI=1S/C10H14O.2C2H6/c1-4-9-7-5-6-8(2)10(9)11-3;2*1-2/h5-7H,4H2,1-3H3;2*1-2H3. The lowest BCUT2D eigenvalue weighted by Gasteiger charge is -2.08. The summed E-state index contributed by atoms with van der Waals surface area (Å²) >= 11 is 0. The highest BCUT2D eigenvalue weighted by molar-refractivity contribution is 5.40. The molecule has 0 N–H and O–H groups in total. The van der Waals surface area contributed by atoms with Crippen LogP contribution in [0.4, 0.5) is 0 Å². The molecule has 88 valence electrons. The van der Waals surface area contributed by atoms with Crippen molar-refractivity contribution in [1.29, 1.82) is 0 Å². The van der Waals surface area contributed by atoms with E-state index in [0.717, 1.165) is 12.2 Å². The van der Waals surface area contributed by atoms with Gasteiger partial charge in [0.05, 0.1) is 7.11 Å². The fraction of sp³-hybridized carbons (Fsp3) is 0.571. The second kappa shape index (κ2) is 11.1. The highest BCUT2D eigenvalue weighted by atomic mass is 16.5. The van der Waals surface area contributed by atoms with Crippen molar-refractivity contribution in [3.63, 3.8) is 0 Å². The van der Waals surface area contributed by atoms with Gasteiger partial charge in [0.25, 0.3) is 0 Å². The van der Waals surface area contributed by atoms with Crippen LogP contribution in [0.25, 0.3) is 0 Å². The normalized spacial score (nSPS) is 7.93. The van der Waals surface area contributed by atoms with Crippen molar-refractivity contribution in [2.45, 2.75) is 48.0 Å². The molecular formula is C14H26O. The lowest BCUT2D eigenvalue weighted by Crippen LogP contribution is -1.92. The Hall–Kier alpha value is -0.980. The Balaban J connectivity index is 0. The summed E-state index contributed by atoms with van der Waals surface area (Å²) in [5, 5.41) is 0. The first kappa shape index (κ1) is 16.4. The van der Waals surface area contributed by atoms with Crippen LogP contribution in [-0.2, 0) is 6.42 Å². The molecule has 1 aromatic rings. The minimum absolute atomic E-state index is 1.03. The third-order valence-corrected chi connectivity index (χ3v) is 1.88. The van der Waals surface area contributed by atoms with E-state index in [-0.39, 0.29) is 0 Å². The Labute approximate surface area is 95.5 Å². The number of benzene rings is 1. The molecule has 0 saturated heterocycles. The summed E-state index contributed by atoms with van der Waals surface area (Å²) in [7, 11) is 1.72. The lowest BCUT2D eigenvalue weighted by molar-refractivity contribution is 0.407. The molecule has 0 fully saturated rings. The average molecular weight is 210 g/mol. The predicted molar refractivity (Wildman–Crippen MR) is 69.8 cm³/mol. The number of para-hydroxylation sites is 1. The first-order chi connectivity index (χ1) is 7.29. The summed E-state index contributed by atoms with van der Waals surface area (Å²) < 4.78 is 5.27. The van der Waals surface area contributed by atoms with Gasteiger partial charge in [-0.15, -0.1) is 0 Å². The highest BCUT2D eigenvalue weighted by Crippen LogP contribution is 2.22. The SMILES string of the molecule is CC.CC.CCc1cccc(C)c1OC. The molecule has 0 radical (unpaired) electrons. The van der Waals surface area contributed by atoms with Crippen LogP contribution in [-0.4, -0.2) is 7.11 Å². The monoisotopic (exact) mass is 210 g/mol. The van der Waals surface area contributed by atoms with Gasteiger partial charge in [-0.3, -0.25) is 0 Å². The van der Waals surface area contributed by atoms with E-state index >= 15 is 0 Å². The zero-order valence-electron chi connectivity index (χ0n) is 11.3. The predicted octanol–water partition coefficient (Wildman–Crippen LogP) is 4.62. The van der Waals surface area contributed by atoms with Crippen LogP contribution < -0.4 is 4.74 Å². The van der Waals surface area contributed by atoms with Gasteiger partial charge in [-0.05, 0) is 24.5 Å². The number of ether oxygens (including phenoxy) is 1. The minimum Gasteiger partial charge on any atom is -0.496 e. The fourth-order valence-corrected chi connectivity index (χ4v) is 1.28. The third kappa shape index (κ3) is 5.46. The molecule has 0 unspecified atom stereocenters. The van der Waals surface area contributed by atoms with Crippen molar-refractivity contribution in [2.75, 3.05) is 7.11 Å². The zero-order valence-corrected chi connectivity index (χ0v) is 11.3. The maximum absolute atomic E-state index is 5.27. The maximum Gasteiger partial charge on any atom is 0.124 e. The molecule has 0 spiro atoms. The Morgan fingerprint density at radius 2 is 1.60 bits per heavy atom. The van der Waals surface area contributed by atoms with Crippen molar-refractivity contribution in [3.05, 3.63) is 29.3 Å². The minimum atomic E-state index is 1.03. The maximum atomic E-state index is 5.27. The van der Waals surface area contributed by atoms with Crippen LogP contribution in [0.2, 0.25) is 0 Å². The van der Waals surface area contributed by atoms with Crippen LogP contribution in [0.1, 0.15) is 45.7 Å². The number of methoxy groups -OCH3 is 1. The molecule has 0 aromatic heterocycles. The van der Waals surface area contributed by atoms with E-state index in [1.165, 1.54) is 11.1 Å². The van der Waals surface area contributed by atoms with Gasteiger partial charge in [-0.25, -0.2) is 0 Å². The van der Waals surface area contributed by atoms with Gasteiger partial charge in [0.2, 0.25) is 0 Å². The Bertz CT molecular complexity index is 241. The van der Waals surface area contributed by atoms with Gasteiger partial charge in [-0.1, -0.05) is 52.8 Å². The summed E-state index contributed by atoms with van der Waals surface area (Å²) in [6.45, 7) is 12.2. The molecule has 0 aliphatic heterocycles. The molecule has 0 aliphatic carbocycles. The van der Waals surface area contributed by atoms with Gasteiger partial charge in [0, 0.05) is 0 Å². The molecule has 0 atom stereocenters. The van der Waals surface area contributed by atoms with E-state index in [1.54, 1.807) is 7.11 Å². The second-order valence-electron chi connectivity index (χ2n) is 2.62. The Kier molecular flexibility index (Phi) is 12.2. The molecule has 0 saturated carbocycles. The molecule has 0 amide bonds. The van der Waals surface area contributed by atoms with Gasteiger partial charge < -0.3 is 4.74 Å². The van der Waals surface area contributed by atoms with E-state index in [1.807, 2.05) is 27.7 Å². The summed E-state index contributed by atoms with van der Waals surface area (Å²) in [5.41, 5.74) is 2.50. The molecule has 0 aliphatic rings. The van der Waals surface area contributed by atoms with Crippen molar-refractivity contribution in [1.82, 2.24) is 0 Å². The van der Waals surface area contributed by atoms with Gasteiger partial charge in [0.1, 0.15) is 5.75 Å². The Morgan fingerprint density at radius 3 is 1.93 bits per heavy atom. The largest absolute Gasteiger partial charge is 0.496 e. The molecule has 1 nitrogen and oxygen atoms in total. The van der Waals surface area contributed by atoms with Crippen LogP contribution in [0.5, 0.6) is 5.75 Å². The molecule has 1 rings (SSSR count). The van der Waals surface area contributed by atoms with Crippen molar-refractivity contribution >= 4 is 0 Å². The summed E-state index contributed by atoms with van der Waals surface area (Å²) in [5.74, 6) is 1.04. The van der Waals surface area contributed by atoms with E-state index in [0.29, 0.717) is 0 Å². The van der Waals surface area contributed by atoms with E-state index in [4.69, 9.17) is 4.74 Å². The molecule has 15 heavy (non-hydrogen) atoms. The first-order valence-corrected chi connectivity index (χ1v) is 5.92. The van der Waals surface area contributed by atoms with E-state index < -0.39 is 0 Å². The fourth-order valence-electron chi connectivity index (χ4n) is 1.28. The number of hydrogen-bond acceptors (Lipinski definition) is 1. The van der Waals surface area contributed by atoms with Gasteiger partial charge >= 0.3 is 0 Å². The van der Waals surface area contributed by atoms with Crippen molar-refractivity contribution in [3.8, 4) is 5.75 Å². The summed E-state index contributed by atoms with van der Waals surface area (Å²) in [4.78, 5) is 0. The Morgan fingerprint density at radius 1 is 1.07 bits per heavy atom. The topological polar surface area (TPSA) is 9.23 Å². The van der Waals surface area contributed by atoms with Crippen LogP contribution in [0, 0.1) is 6.92 Å². The van der Waals surface area contributed by atoms with Crippen molar-refractivity contribution in [2.24, 2.45) is 0 Å². The van der Waals surface area contributed by atoms with Crippen molar-refractivity contribution < 1.29 is 4.74 Å². The quantitative estimate of drug-likeness (QED) is 0.692. The van der Waals surface area contributed by atoms with Crippen LogP contribution in [0.3, 0.4) is 0 Å². The van der Waals surface area contributed by atoms with Gasteiger partial charge in [0.15, 0.2) is 0 Å². The van der Waals surface area contributed by atoms with E-state index in [9.17, 15) is 0 Å². The van der Waals surface area contributed by atoms with Crippen LogP contribution in [0.15, 0.2) is 18.2 Å². The lowest BCUT2D eigenvalue weighted by atomic mass is 10.1. The average Bonchev–Trinajstić information content (AvgIpc) is 2.33. The highest BCUT2D eigenvalue weighted by Gasteiger charge is 2.01. The smallest absolute Gasteiger partial charge is 0.124 e. The molecule has 1 heteroatoms. The number of aryl methyl sites for hydroxylation is 2. The van der Waals surface area contributed by atoms with Crippen LogP contribution >= 0.6 is 0 Å². The van der Waals surface area contributed by atoms with E-state index in [2.05, 4.69) is 32.0 Å². The third-order valence-electron chi connectivity index (χ3n) is 1.88.